The number of ketones is 1. The number of halogens is 4. The number of nitriles is 1. The number of piperidine rings is 1. The fraction of sp³-hybridized carbons (Fsp3) is 0.517. The Labute approximate surface area is 228 Å². The van der Waals surface area contributed by atoms with Crippen molar-refractivity contribution in [3.8, 4) is 17.6 Å². The van der Waals surface area contributed by atoms with Crippen molar-refractivity contribution in [2.24, 2.45) is 5.92 Å². The maximum Gasteiger partial charge on any atom is 0.573 e. The molecule has 0 amide bonds. The van der Waals surface area contributed by atoms with Crippen LogP contribution in [0.2, 0.25) is 5.02 Å². The summed E-state index contributed by atoms with van der Waals surface area (Å²) < 4.78 is 46.5. The summed E-state index contributed by atoms with van der Waals surface area (Å²) >= 11 is 6.02. The minimum atomic E-state index is -4.71. The molecule has 0 spiro atoms. The van der Waals surface area contributed by atoms with Crippen LogP contribution in [0.25, 0.3) is 0 Å². The molecular formula is C29H36ClF3N2O3. The van der Waals surface area contributed by atoms with Gasteiger partial charge in [-0.25, -0.2) is 0 Å². The van der Waals surface area contributed by atoms with E-state index in [0.717, 1.165) is 50.8 Å². The van der Waals surface area contributed by atoms with Gasteiger partial charge in [-0.1, -0.05) is 44.0 Å². The Balaban J connectivity index is 0.000000947. The number of benzene rings is 2. The predicted molar refractivity (Wildman–Crippen MR) is 142 cm³/mol. The fourth-order valence-electron chi connectivity index (χ4n) is 4.76. The summed E-state index contributed by atoms with van der Waals surface area (Å²) in [5, 5.41) is 7.99. The van der Waals surface area contributed by atoms with Crippen molar-refractivity contribution in [3.63, 3.8) is 0 Å². The van der Waals surface area contributed by atoms with Gasteiger partial charge < -0.3 is 9.47 Å². The topological polar surface area (TPSA) is 62.6 Å². The molecule has 9 heteroatoms. The number of rotatable bonds is 8. The van der Waals surface area contributed by atoms with Crippen LogP contribution in [0.5, 0.6) is 11.5 Å². The summed E-state index contributed by atoms with van der Waals surface area (Å²) in [6, 6.07) is 14.8. The number of carbonyl (C=O) groups is 1. The van der Waals surface area contributed by atoms with E-state index in [4.69, 9.17) is 21.6 Å². The average Bonchev–Trinajstić information content (AvgIpc) is 2.85. The Morgan fingerprint density at radius 3 is 2.18 bits per heavy atom. The Hall–Kier alpha value is -2.76. The molecule has 38 heavy (non-hydrogen) atoms. The molecule has 2 fully saturated rings. The van der Waals surface area contributed by atoms with Crippen LogP contribution in [0.3, 0.4) is 0 Å². The first-order valence-electron chi connectivity index (χ1n) is 13.0. The molecule has 1 saturated heterocycles. The molecule has 2 aromatic carbocycles. The number of Topliss-reactive ketones (excluding diaryl/α,β-unsaturated/α-hetero) is 1. The predicted octanol–water partition coefficient (Wildman–Crippen LogP) is 7.58. The Bertz CT molecular complexity index is 1030. The Morgan fingerprint density at radius 2 is 1.66 bits per heavy atom. The Kier molecular flexibility index (Phi) is 12.4. The van der Waals surface area contributed by atoms with E-state index in [1.54, 1.807) is 6.07 Å². The van der Waals surface area contributed by atoms with Gasteiger partial charge in [0.1, 0.15) is 11.5 Å². The van der Waals surface area contributed by atoms with Gasteiger partial charge in [0, 0.05) is 24.4 Å². The number of likely N-dealkylation sites (tertiary alicyclic amines) is 1. The molecule has 0 radical (unpaired) electrons. The summed E-state index contributed by atoms with van der Waals surface area (Å²) in [5.41, 5.74) is 0.659. The van der Waals surface area contributed by atoms with Crippen molar-refractivity contribution in [2.45, 2.75) is 64.7 Å². The van der Waals surface area contributed by atoms with E-state index < -0.39 is 11.8 Å². The third-order valence-electron chi connectivity index (χ3n) is 6.65. The number of nitrogens with zero attached hydrogens (tertiary/aromatic N) is 2. The number of alkyl halides is 3. The van der Waals surface area contributed by atoms with Crippen molar-refractivity contribution in [3.05, 3.63) is 59.1 Å². The molecule has 1 unspecified atom stereocenters. The molecule has 1 aliphatic heterocycles. The molecule has 0 aromatic heterocycles. The van der Waals surface area contributed by atoms with E-state index in [1.165, 1.54) is 31.2 Å². The van der Waals surface area contributed by atoms with E-state index in [0.29, 0.717) is 23.9 Å². The zero-order valence-corrected chi connectivity index (χ0v) is 22.9. The van der Waals surface area contributed by atoms with E-state index in [9.17, 15) is 18.0 Å². The monoisotopic (exact) mass is 552 g/mol. The number of carbonyl (C=O) groups excluding carboxylic acids is 1. The van der Waals surface area contributed by atoms with Crippen LogP contribution >= 0.6 is 11.6 Å². The van der Waals surface area contributed by atoms with Gasteiger partial charge in [-0.05, 0) is 74.2 Å². The van der Waals surface area contributed by atoms with Crippen molar-refractivity contribution < 1.29 is 27.4 Å². The summed E-state index contributed by atoms with van der Waals surface area (Å²) in [7, 11) is 0. The number of hydrogen-bond donors (Lipinski definition) is 0. The molecule has 1 atom stereocenters. The third-order valence-corrected chi connectivity index (χ3v) is 6.90. The molecule has 2 aromatic rings. The van der Waals surface area contributed by atoms with Crippen LogP contribution in [0.15, 0.2) is 48.5 Å². The summed E-state index contributed by atoms with van der Waals surface area (Å²) in [6.45, 7) is 7.94. The van der Waals surface area contributed by atoms with Gasteiger partial charge in [0.2, 0.25) is 0 Å². The van der Waals surface area contributed by atoms with E-state index >= 15 is 0 Å². The number of ether oxygens (including phenoxy) is 2. The zero-order chi connectivity index (χ0) is 28.2. The van der Waals surface area contributed by atoms with Gasteiger partial charge in [0.25, 0.3) is 0 Å². The van der Waals surface area contributed by atoms with Gasteiger partial charge in [-0.2, -0.15) is 5.26 Å². The highest BCUT2D eigenvalue weighted by atomic mass is 35.5. The SMILES string of the molecule is CC.CC#N.O=C(CN1CCCC(COc2ccc(OC(F)(F)F)cc2)C1)C1(c2ccc(Cl)cc2)CCC1. The minimum absolute atomic E-state index is 0.255. The minimum Gasteiger partial charge on any atom is -0.493 e. The third kappa shape index (κ3) is 9.21. The molecule has 0 bridgehead atoms. The first kappa shape index (κ1) is 31.5. The first-order valence-corrected chi connectivity index (χ1v) is 13.3. The van der Waals surface area contributed by atoms with E-state index in [1.807, 2.05) is 38.1 Å². The summed E-state index contributed by atoms with van der Waals surface area (Å²) in [6.07, 6.45) is 0.0638. The average molecular weight is 553 g/mol. The van der Waals surface area contributed by atoms with Gasteiger partial charge in [-0.3, -0.25) is 9.69 Å². The second-order valence-electron chi connectivity index (χ2n) is 9.16. The first-order chi connectivity index (χ1) is 18.1. The molecule has 208 valence electrons. The molecule has 4 rings (SSSR count). The van der Waals surface area contributed by atoms with Gasteiger partial charge in [0.15, 0.2) is 5.78 Å². The maximum atomic E-state index is 13.3. The molecule has 0 N–H and O–H groups in total. The lowest BCUT2D eigenvalue weighted by atomic mass is 9.62. The quantitative estimate of drug-likeness (QED) is 0.338. The molecular weight excluding hydrogens is 517 g/mol. The van der Waals surface area contributed by atoms with Crippen molar-refractivity contribution in [1.29, 1.82) is 5.26 Å². The van der Waals surface area contributed by atoms with Gasteiger partial charge in [-0.15, -0.1) is 13.2 Å². The highest BCUT2D eigenvalue weighted by Crippen LogP contribution is 2.45. The Morgan fingerprint density at radius 1 is 1.08 bits per heavy atom. The fourth-order valence-corrected chi connectivity index (χ4v) is 4.89. The smallest absolute Gasteiger partial charge is 0.493 e. The standard InChI is InChI=1S/C25H27ClF3NO3.C2H3N.C2H6/c26-20-6-4-19(5-7-20)24(12-2-13-24)23(31)16-30-14-1-3-18(15-30)17-32-21-8-10-22(11-9-21)33-25(27,28)29;1-2-3;1-2/h4-11,18H,1-3,12-17H2;1H3;1-2H3. The maximum absolute atomic E-state index is 13.3. The summed E-state index contributed by atoms with van der Waals surface area (Å²) in [5.74, 6) is 0.736. The van der Waals surface area contributed by atoms with Gasteiger partial charge >= 0.3 is 6.36 Å². The second-order valence-corrected chi connectivity index (χ2v) is 9.60. The van der Waals surface area contributed by atoms with Gasteiger partial charge in [0.05, 0.1) is 24.6 Å². The van der Waals surface area contributed by atoms with Crippen LogP contribution < -0.4 is 9.47 Å². The van der Waals surface area contributed by atoms with Crippen molar-refractivity contribution in [2.75, 3.05) is 26.2 Å². The van der Waals surface area contributed by atoms with Crippen LogP contribution in [-0.2, 0) is 10.2 Å². The zero-order valence-electron chi connectivity index (χ0n) is 22.2. The van der Waals surface area contributed by atoms with Crippen LogP contribution in [0, 0.1) is 17.2 Å². The van der Waals surface area contributed by atoms with Crippen LogP contribution in [-0.4, -0.2) is 43.3 Å². The highest BCUT2D eigenvalue weighted by molar-refractivity contribution is 6.30. The van der Waals surface area contributed by atoms with Crippen LogP contribution in [0.1, 0.15) is 58.4 Å². The highest BCUT2D eigenvalue weighted by Gasteiger charge is 2.45. The summed E-state index contributed by atoms with van der Waals surface area (Å²) in [4.78, 5) is 15.5. The van der Waals surface area contributed by atoms with Crippen molar-refractivity contribution in [1.82, 2.24) is 4.90 Å². The largest absolute Gasteiger partial charge is 0.573 e. The number of hydrogen-bond acceptors (Lipinski definition) is 5. The lowest BCUT2D eigenvalue weighted by molar-refractivity contribution is -0.274. The molecule has 2 aliphatic rings. The molecule has 1 saturated carbocycles. The van der Waals surface area contributed by atoms with E-state index in [-0.39, 0.29) is 17.5 Å². The van der Waals surface area contributed by atoms with E-state index in [2.05, 4.69) is 9.64 Å². The normalized spacial score (nSPS) is 18.3. The lowest BCUT2D eigenvalue weighted by Crippen LogP contribution is -2.49. The molecule has 1 heterocycles. The van der Waals surface area contributed by atoms with Crippen molar-refractivity contribution >= 4 is 17.4 Å². The lowest BCUT2D eigenvalue weighted by Gasteiger charge is -2.43. The van der Waals surface area contributed by atoms with Crippen LogP contribution in [0.4, 0.5) is 13.2 Å². The molecule has 5 nitrogen and oxygen atoms in total. The second kappa shape index (κ2) is 15.0. The molecule has 1 aliphatic carbocycles.